The van der Waals surface area contributed by atoms with Gasteiger partial charge >= 0.3 is 0 Å². The molecular formula is C20H13NO4. The topological polar surface area (TPSA) is 61.6 Å². The van der Waals surface area contributed by atoms with E-state index in [1.807, 2.05) is 30.3 Å². The van der Waals surface area contributed by atoms with Crippen molar-refractivity contribution in [3.63, 3.8) is 0 Å². The molecule has 122 valence electrons. The van der Waals surface area contributed by atoms with Gasteiger partial charge in [0.15, 0.2) is 11.5 Å². The first-order valence-corrected chi connectivity index (χ1v) is 8.01. The monoisotopic (exact) mass is 331 g/mol. The highest BCUT2D eigenvalue weighted by Gasteiger charge is 2.19. The smallest absolute Gasteiger partial charge is 0.202 e. The van der Waals surface area contributed by atoms with Gasteiger partial charge in [0.1, 0.15) is 25.1 Å². The lowest BCUT2D eigenvalue weighted by Crippen LogP contribution is -2.15. The fourth-order valence-electron chi connectivity index (χ4n) is 3.24. The Bertz CT molecular complexity index is 1170. The maximum Gasteiger partial charge on any atom is 0.202 e. The van der Waals surface area contributed by atoms with E-state index in [9.17, 15) is 4.79 Å². The third kappa shape index (κ3) is 2.09. The van der Waals surface area contributed by atoms with Gasteiger partial charge < -0.3 is 13.9 Å². The quantitative estimate of drug-likeness (QED) is 0.497. The van der Waals surface area contributed by atoms with Gasteiger partial charge in [-0.25, -0.2) is 0 Å². The molecule has 0 unspecified atom stereocenters. The van der Waals surface area contributed by atoms with Gasteiger partial charge in [-0.15, -0.1) is 0 Å². The molecule has 1 aliphatic rings. The van der Waals surface area contributed by atoms with E-state index in [2.05, 4.69) is 4.98 Å². The Labute approximate surface area is 142 Å². The third-order valence-electron chi connectivity index (χ3n) is 4.38. The van der Waals surface area contributed by atoms with Gasteiger partial charge in [0.2, 0.25) is 5.43 Å². The van der Waals surface area contributed by atoms with E-state index < -0.39 is 0 Å². The maximum absolute atomic E-state index is 13.1. The number of rotatable bonds is 1. The summed E-state index contributed by atoms with van der Waals surface area (Å²) in [5.41, 5.74) is 1.46. The number of pyridine rings is 1. The van der Waals surface area contributed by atoms with E-state index in [0.29, 0.717) is 46.9 Å². The van der Waals surface area contributed by atoms with Crippen LogP contribution in [0.15, 0.2) is 64.1 Å². The van der Waals surface area contributed by atoms with E-state index in [4.69, 9.17) is 13.9 Å². The Balaban J connectivity index is 1.87. The van der Waals surface area contributed by atoms with Crippen LogP contribution in [0.2, 0.25) is 0 Å². The molecule has 1 aliphatic heterocycles. The summed E-state index contributed by atoms with van der Waals surface area (Å²) in [7, 11) is 0. The summed E-state index contributed by atoms with van der Waals surface area (Å²) in [5.74, 6) is 1.37. The molecule has 0 aliphatic carbocycles. The molecule has 5 nitrogen and oxygen atoms in total. The van der Waals surface area contributed by atoms with Crippen LogP contribution in [-0.4, -0.2) is 18.2 Å². The van der Waals surface area contributed by atoms with Crippen molar-refractivity contribution in [2.24, 2.45) is 0 Å². The molecule has 0 atom stereocenters. The average molecular weight is 331 g/mol. The van der Waals surface area contributed by atoms with Crippen molar-refractivity contribution in [1.82, 2.24) is 4.98 Å². The van der Waals surface area contributed by atoms with Crippen LogP contribution in [0, 0.1) is 0 Å². The Hall–Kier alpha value is -3.34. The van der Waals surface area contributed by atoms with Crippen molar-refractivity contribution < 1.29 is 13.9 Å². The summed E-state index contributed by atoms with van der Waals surface area (Å²) >= 11 is 0. The number of hydrogen-bond acceptors (Lipinski definition) is 5. The number of nitrogens with zero attached hydrogens (tertiary/aromatic N) is 1. The molecule has 0 fully saturated rings. The minimum Gasteiger partial charge on any atom is -0.486 e. The Morgan fingerprint density at radius 1 is 0.920 bits per heavy atom. The summed E-state index contributed by atoms with van der Waals surface area (Å²) in [5, 5.41) is 2.15. The van der Waals surface area contributed by atoms with Crippen molar-refractivity contribution in [3.8, 4) is 22.8 Å². The van der Waals surface area contributed by atoms with Crippen LogP contribution in [0.3, 0.4) is 0 Å². The largest absolute Gasteiger partial charge is 0.486 e. The maximum atomic E-state index is 13.1. The van der Waals surface area contributed by atoms with Crippen molar-refractivity contribution in [2.45, 2.75) is 0 Å². The van der Waals surface area contributed by atoms with Crippen molar-refractivity contribution in [1.29, 1.82) is 0 Å². The number of aromatic nitrogens is 1. The summed E-state index contributed by atoms with van der Waals surface area (Å²) in [6, 6.07) is 12.9. The van der Waals surface area contributed by atoms with Gasteiger partial charge in [-0.2, -0.15) is 0 Å². The lowest BCUT2D eigenvalue weighted by atomic mass is 10.0. The molecule has 4 aromatic rings. The van der Waals surface area contributed by atoms with E-state index in [0.717, 1.165) is 10.8 Å². The second kappa shape index (κ2) is 5.34. The van der Waals surface area contributed by atoms with Crippen molar-refractivity contribution >= 4 is 21.7 Å². The molecule has 0 amide bonds. The third-order valence-corrected chi connectivity index (χ3v) is 4.38. The highest BCUT2D eigenvalue weighted by molar-refractivity contribution is 6.09. The zero-order chi connectivity index (χ0) is 16.8. The summed E-state index contributed by atoms with van der Waals surface area (Å²) in [6.45, 7) is 1.02. The minimum absolute atomic E-state index is 0.109. The Kier molecular flexibility index (Phi) is 3.00. The van der Waals surface area contributed by atoms with Gasteiger partial charge in [-0.05, 0) is 36.4 Å². The summed E-state index contributed by atoms with van der Waals surface area (Å²) in [4.78, 5) is 17.4. The fraction of sp³-hybridized carbons (Fsp3) is 0.100. The number of hydrogen-bond donors (Lipinski definition) is 0. The minimum atomic E-state index is -0.109. The number of benzene rings is 2. The molecule has 2 aromatic carbocycles. The normalized spacial score (nSPS) is 13.3. The fourth-order valence-corrected chi connectivity index (χ4v) is 3.24. The highest BCUT2D eigenvalue weighted by atomic mass is 16.6. The Morgan fingerprint density at radius 2 is 1.80 bits per heavy atom. The molecule has 2 aromatic heterocycles. The van der Waals surface area contributed by atoms with Crippen LogP contribution in [0.4, 0.5) is 0 Å². The second-order valence-electron chi connectivity index (χ2n) is 5.82. The van der Waals surface area contributed by atoms with Crippen molar-refractivity contribution in [2.75, 3.05) is 13.2 Å². The van der Waals surface area contributed by atoms with E-state index in [1.54, 1.807) is 18.3 Å². The zero-order valence-corrected chi connectivity index (χ0v) is 13.2. The van der Waals surface area contributed by atoms with E-state index in [1.165, 1.54) is 6.26 Å². The first kappa shape index (κ1) is 14.0. The van der Waals surface area contributed by atoms with Gasteiger partial charge in [-0.3, -0.25) is 9.78 Å². The highest BCUT2D eigenvalue weighted by Crippen LogP contribution is 2.39. The van der Waals surface area contributed by atoms with Crippen LogP contribution in [0.25, 0.3) is 33.0 Å². The van der Waals surface area contributed by atoms with Crippen molar-refractivity contribution in [3.05, 3.63) is 65.1 Å². The molecule has 5 heteroatoms. The SMILES string of the molecule is O=c1c(-c2ccccn2)coc2ccc3c4c(ccc3c12)OCCO4. The van der Waals surface area contributed by atoms with Crippen LogP contribution in [0.1, 0.15) is 0 Å². The Morgan fingerprint density at radius 3 is 2.68 bits per heavy atom. The molecule has 5 rings (SSSR count). The molecule has 0 N–H and O–H groups in total. The lowest BCUT2D eigenvalue weighted by molar-refractivity contribution is 0.174. The molecule has 0 bridgehead atoms. The van der Waals surface area contributed by atoms with Crippen LogP contribution in [0.5, 0.6) is 11.5 Å². The first-order chi connectivity index (χ1) is 12.3. The van der Waals surface area contributed by atoms with E-state index >= 15 is 0 Å². The number of fused-ring (bicyclic) bond motifs is 5. The van der Waals surface area contributed by atoms with Crippen LogP contribution < -0.4 is 14.9 Å². The summed E-state index contributed by atoms with van der Waals surface area (Å²) < 4.78 is 17.1. The van der Waals surface area contributed by atoms with Crippen LogP contribution >= 0.6 is 0 Å². The van der Waals surface area contributed by atoms with Gasteiger partial charge in [0.25, 0.3) is 0 Å². The zero-order valence-electron chi connectivity index (χ0n) is 13.2. The van der Waals surface area contributed by atoms with Gasteiger partial charge in [0, 0.05) is 17.0 Å². The molecule has 3 heterocycles. The average Bonchev–Trinajstić information content (AvgIpc) is 2.68. The number of ether oxygens (including phenoxy) is 2. The standard InChI is InChI=1S/C20H13NO4/c22-19-14(15-3-1-2-8-21-15)11-25-16-6-5-13-12(18(16)19)4-7-17-20(13)24-10-9-23-17/h1-8,11H,9-10H2. The molecule has 0 radical (unpaired) electrons. The summed E-state index contributed by atoms with van der Waals surface area (Å²) in [6.07, 6.45) is 3.13. The lowest BCUT2D eigenvalue weighted by Gasteiger charge is -2.20. The predicted molar refractivity (Wildman–Crippen MR) is 94.2 cm³/mol. The molecular weight excluding hydrogens is 318 g/mol. The van der Waals surface area contributed by atoms with Gasteiger partial charge in [-0.1, -0.05) is 6.07 Å². The van der Waals surface area contributed by atoms with Crippen LogP contribution in [-0.2, 0) is 0 Å². The van der Waals surface area contributed by atoms with E-state index in [-0.39, 0.29) is 5.43 Å². The molecule has 0 spiro atoms. The second-order valence-corrected chi connectivity index (χ2v) is 5.82. The molecule has 0 saturated carbocycles. The molecule has 25 heavy (non-hydrogen) atoms. The van der Waals surface area contributed by atoms with Gasteiger partial charge in [0.05, 0.1) is 16.6 Å². The molecule has 0 saturated heterocycles. The predicted octanol–water partition coefficient (Wildman–Crippen LogP) is 3.78. The first-order valence-electron chi connectivity index (χ1n) is 8.01.